The normalized spacial score (nSPS) is 15.6. The molecule has 0 aromatic heterocycles. The summed E-state index contributed by atoms with van der Waals surface area (Å²) in [4.78, 5) is 10.7. The molecular weight excluding hydrogens is 146 g/mol. The van der Waals surface area contributed by atoms with Crippen LogP contribution in [0.4, 0.5) is 0 Å². The second-order valence-corrected chi connectivity index (χ2v) is 2.65. The maximum atomic E-state index is 10.7. The molecule has 0 aliphatic carbocycles. The van der Waals surface area contributed by atoms with Crippen LogP contribution in [-0.2, 0) is 9.53 Å². The number of aliphatic hydroxyl groups excluding tert-OH is 1. The van der Waals surface area contributed by atoms with Crippen LogP contribution in [0.15, 0.2) is 0 Å². The fourth-order valence-electron chi connectivity index (χ4n) is 0.756. The number of ether oxygens (including phenoxy) is 1. The van der Waals surface area contributed by atoms with Gasteiger partial charge < -0.3 is 15.6 Å². The van der Waals surface area contributed by atoms with Crippen molar-refractivity contribution in [3.05, 3.63) is 0 Å². The van der Waals surface area contributed by atoms with Gasteiger partial charge in [0.1, 0.15) is 6.04 Å². The Hall–Kier alpha value is -0.610. The van der Waals surface area contributed by atoms with Crippen molar-refractivity contribution in [3.63, 3.8) is 0 Å². The largest absolute Gasteiger partial charge is 0.468 e. The molecule has 0 aliphatic heterocycles. The van der Waals surface area contributed by atoms with E-state index in [4.69, 9.17) is 10.8 Å². The number of nitrogens with two attached hydrogens (primary N) is 1. The second kappa shape index (κ2) is 5.09. The molecule has 0 spiro atoms. The lowest BCUT2D eigenvalue weighted by molar-refractivity contribution is -0.142. The van der Waals surface area contributed by atoms with E-state index in [9.17, 15) is 4.79 Å². The standard InChI is InChI=1S/C7H15NO3/c1-5(4-9)3-6(8)7(10)11-2/h5-6,9H,3-4,8H2,1-2H3/t5-,6+/m1/s1. The lowest BCUT2D eigenvalue weighted by Gasteiger charge is -2.12. The second-order valence-electron chi connectivity index (χ2n) is 2.65. The zero-order valence-corrected chi connectivity index (χ0v) is 6.91. The smallest absolute Gasteiger partial charge is 0.322 e. The average molecular weight is 161 g/mol. The fraction of sp³-hybridized carbons (Fsp3) is 0.857. The summed E-state index contributed by atoms with van der Waals surface area (Å²) in [6, 6.07) is -0.609. The molecule has 3 N–H and O–H groups in total. The van der Waals surface area contributed by atoms with Gasteiger partial charge in [-0.1, -0.05) is 6.92 Å². The number of carbonyl (C=O) groups excluding carboxylic acids is 1. The molecule has 0 rings (SSSR count). The molecule has 0 amide bonds. The number of esters is 1. The molecule has 0 radical (unpaired) electrons. The maximum Gasteiger partial charge on any atom is 0.322 e. The summed E-state index contributed by atoms with van der Waals surface area (Å²) >= 11 is 0. The third-order valence-electron chi connectivity index (χ3n) is 1.47. The van der Waals surface area contributed by atoms with E-state index < -0.39 is 12.0 Å². The van der Waals surface area contributed by atoms with Crippen LogP contribution in [0.2, 0.25) is 0 Å². The fourth-order valence-corrected chi connectivity index (χ4v) is 0.756. The summed E-state index contributed by atoms with van der Waals surface area (Å²) in [6.45, 7) is 1.87. The molecule has 0 aromatic rings. The summed E-state index contributed by atoms with van der Waals surface area (Å²) in [5.74, 6) is -0.380. The summed E-state index contributed by atoms with van der Waals surface area (Å²) in [6.07, 6.45) is 0.461. The van der Waals surface area contributed by atoms with Gasteiger partial charge in [-0.3, -0.25) is 4.79 Å². The first-order chi connectivity index (χ1) is 5.11. The van der Waals surface area contributed by atoms with Crippen LogP contribution in [0.3, 0.4) is 0 Å². The van der Waals surface area contributed by atoms with E-state index in [1.54, 1.807) is 0 Å². The minimum Gasteiger partial charge on any atom is -0.468 e. The van der Waals surface area contributed by atoms with Crippen molar-refractivity contribution in [1.82, 2.24) is 0 Å². The first kappa shape index (κ1) is 10.4. The van der Waals surface area contributed by atoms with Crippen molar-refractivity contribution in [2.45, 2.75) is 19.4 Å². The molecule has 66 valence electrons. The Bertz CT molecular complexity index is 127. The molecule has 4 heteroatoms. The number of carbonyl (C=O) groups is 1. The summed E-state index contributed by atoms with van der Waals surface area (Å²) in [5.41, 5.74) is 5.42. The van der Waals surface area contributed by atoms with Crippen molar-refractivity contribution in [2.75, 3.05) is 13.7 Å². The summed E-state index contributed by atoms with van der Waals surface area (Å²) in [5, 5.41) is 8.63. The molecule has 2 atom stereocenters. The zero-order chi connectivity index (χ0) is 8.85. The molecular formula is C7H15NO3. The van der Waals surface area contributed by atoms with Crippen molar-refractivity contribution in [3.8, 4) is 0 Å². The number of aliphatic hydroxyl groups is 1. The van der Waals surface area contributed by atoms with Crippen molar-refractivity contribution in [1.29, 1.82) is 0 Å². The van der Waals surface area contributed by atoms with E-state index >= 15 is 0 Å². The van der Waals surface area contributed by atoms with Gasteiger partial charge in [-0.2, -0.15) is 0 Å². The van der Waals surface area contributed by atoms with Gasteiger partial charge in [0.05, 0.1) is 7.11 Å². The van der Waals surface area contributed by atoms with Crippen LogP contribution in [-0.4, -0.2) is 30.8 Å². The molecule has 0 aromatic carbocycles. The molecule has 0 aliphatic rings. The Morgan fingerprint density at radius 1 is 1.73 bits per heavy atom. The van der Waals surface area contributed by atoms with Gasteiger partial charge in [0.2, 0.25) is 0 Å². The lowest BCUT2D eigenvalue weighted by atomic mass is 10.0. The third kappa shape index (κ3) is 3.95. The Kier molecular flexibility index (Phi) is 4.81. The number of rotatable bonds is 4. The van der Waals surface area contributed by atoms with Crippen LogP contribution in [0.5, 0.6) is 0 Å². The number of hydrogen-bond donors (Lipinski definition) is 2. The van der Waals surface area contributed by atoms with Gasteiger partial charge in [0, 0.05) is 6.61 Å². The van der Waals surface area contributed by atoms with Gasteiger partial charge in [-0.05, 0) is 12.3 Å². The third-order valence-corrected chi connectivity index (χ3v) is 1.47. The Morgan fingerprint density at radius 2 is 2.27 bits per heavy atom. The van der Waals surface area contributed by atoms with Crippen molar-refractivity contribution < 1.29 is 14.6 Å². The highest BCUT2D eigenvalue weighted by Gasteiger charge is 2.16. The minimum atomic E-state index is -0.609. The summed E-state index contributed by atoms with van der Waals surface area (Å²) < 4.78 is 4.41. The van der Waals surface area contributed by atoms with E-state index in [1.807, 2.05) is 6.92 Å². The van der Waals surface area contributed by atoms with Crippen LogP contribution in [0, 0.1) is 5.92 Å². The predicted molar refractivity (Wildman–Crippen MR) is 40.9 cm³/mol. The van der Waals surface area contributed by atoms with E-state index in [2.05, 4.69) is 4.74 Å². The van der Waals surface area contributed by atoms with Crippen molar-refractivity contribution in [2.24, 2.45) is 11.7 Å². The van der Waals surface area contributed by atoms with Crippen molar-refractivity contribution >= 4 is 5.97 Å². The number of methoxy groups -OCH3 is 1. The highest BCUT2D eigenvalue weighted by Crippen LogP contribution is 2.03. The Balaban J connectivity index is 3.67. The Morgan fingerprint density at radius 3 is 2.64 bits per heavy atom. The molecule has 4 nitrogen and oxygen atoms in total. The van der Waals surface area contributed by atoms with E-state index in [0.29, 0.717) is 6.42 Å². The minimum absolute atomic E-state index is 0.0455. The highest BCUT2D eigenvalue weighted by molar-refractivity contribution is 5.75. The lowest BCUT2D eigenvalue weighted by Crippen LogP contribution is -2.33. The number of hydrogen-bond acceptors (Lipinski definition) is 4. The van der Waals surface area contributed by atoms with Crippen LogP contribution in [0.1, 0.15) is 13.3 Å². The summed E-state index contributed by atoms with van der Waals surface area (Å²) in [7, 11) is 1.30. The molecule has 0 unspecified atom stereocenters. The molecule has 0 saturated heterocycles. The maximum absolute atomic E-state index is 10.7. The quantitative estimate of drug-likeness (QED) is 0.545. The van der Waals surface area contributed by atoms with Gasteiger partial charge in [-0.25, -0.2) is 0 Å². The molecule has 0 bridgehead atoms. The first-order valence-electron chi connectivity index (χ1n) is 3.56. The van der Waals surface area contributed by atoms with Gasteiger partial charge in [0.15, 0.2) is 0 Å². The predicted octanol–water partition coefficient (Wildman–Crippen LogP) is -0.495. The van der Waals surface area contributed by atoms with Crippen LogP contribution in [0.25, 0.3) is 0 Å². The Labute approximate surface area is 66.3 Å². The highest BCUT2D eigenvalue weighted by atomic mass is 16.5. The molecule has 0 saturated carbocycles. The molecule has 11 heavy (non-hydrogen) atoms. The topological polar surface area (TPSA) is 72.5 Å². The van der Waals surface area contributed by atoms with Gasteiger partial charge in [0.25, 0.3) is 0 Å². The van der Waals surface area contributed by atoms with Crippen LogP contribution >= 0.6 is 0 Å². The van der Waals surface area contributed by atoms with E-state index in [1.165, 1.54) is 7.11 Å². The molecule has 0 heterocycles. The van der Waals surface area contributed by atoms with Gasteiger partial charge in [-0.15, -0.1) is 0 Å². The van der Waals surface area contributed by atoms with Crippen LogP contribution < -0.4 is 5.73 Å². The zero-order valence-electron chi connectivity index (χ0n) is 6.91. The SMILES string of the molecule is COC(=O)[C@@H](N)C[C@@H](C)CO. The monoisotopic (exact) mass is 161 g/mol. The first-order valence-corrected chi connectivity index (χ1v) is 3.56. The average Bonchev–Trinajstić information content (AvgIpc) is 2.02. The van der Waals surface area contributed by atoms with Gasteiger partial charge >= 0.3 is 5.97 Å². The van der Waals surface area contributed by atoms with E-state index in [-0.39, 0.29) is 12.5 Å². The van der Waals surface area contributed by atoms with E-state index in [0.717, 1.165) is 0 Å². The molecule has 0 fully saturated rings.